The number of carboxylic acid groups (broad SMARTS) is 1. The monoisotopic (exact) mass is 382 g/mol. The van der Waals surface area contributed by atoms with Crippen LogP contribution in [0.15, 0.2) is 29.1 Å². The highest BCUT2D eigenvalue weighted by Gasteiger charge is 2.30. The van der Waals surface area contributed by atoms with Crippen molar-refractivity contribution in [1.29, 1.82) is 0 Å². The molecule has 7 nitrogen and oxygen atoms in total. The summed E-state index contributed by atoms with van der Waals surface area (Å²) in [6.45, 7) is 7.04. The lowest BCUT2D eigenvalue weighted by molar-refractivity contribution is -0.146. The summed E-state index contributed by atoms with van der Waals surface area (Å²) >= 11 is 3.37. The summed E-state index contributed by atoms with van der Waals surface area (Å²) in [5.41, 5.74) is -0.237. The molecule has 0 saturated heterocycles. The minimum atomic E-state index is -1.19. The van der Waals surface area contributed by atoms with E-state index in [1.165, 1.54) is 30.9 Å². The zero-order chi connectivity index (χ0) is 17.4. The molecule has 0 atom stereocenters. The Morgan fingerprint density at radius 3 is 2.57 bits per heavy atom. The molecule has 124 valence electrons. The molecule has 2 aromatic rings. The Labute approximate surface area is 142 Å². The van der Waals surface area contributed by atoms with Crippen LogP contribution in [-0.4, -0.2) is 31.3 Å². The smallest absolute Gasteiger partial charge is 0.331 e. The van der Waals surface area contributed by atoms with Gasteiger partial charge in [-0.25, -0.2) is 4.79 Å². The van der Waals surface area contributed by atoms with Crippen molar-refractivity contribution in [1.82, 2.24) is 14.3 Å². The first-order valence-corrected chi connectivity index (χ1v) is 7.89. The lowest BCUT2D eigenvalue weighted by atomic mass is 10.1. The van der Waals surface area contributed by atoms with Gasteiger partial charge in [0.05, 0.1) is 11.9 Å². The minimum Gasteiger partial charge on any atom is -0.479 e. The van der Waals surface area contributed by atoms with Crippen LogP contribution in [0.3, 0.4) is 0 Å². The van der Waals surface area contributed by atoms with E-state index in [2.05, 4.69) is 26.3 Å². The van der Waals surface area contributed by atoms with E-state index in [0.717, 1.165) is 4.47 Å². The Kier molecular flexibility index (Phi) is 4.65. The summed E-state index contributed by atoms with van der Waals surface area (Å²) in [6.07, 6.45) is 4.78. The van der Waals surface area contributed by atoms with E-state index in [9.17, 15) is 14.7 Å². The average Bonchev–Trinajstić information content (AvgIpc) is 3.05. The fourth-order valence-electron chi connectivity index (χ4n) is 2.04. The summed E-state index contributed by atoms with van der Waals surface area (Å²) in [4.78, 5) is 23.7. The van der Waals surface area contributed by atoms with Gasteiger partial charge in [0.1, 0.15) is 5.69 Å². The maximum absolute atomic E-state index is 12.4. The van der Waals surface area contributed by atoms with Crippen molar-refractivity contribution < 1.29 is 14.7 Å². The number of aliphatic carboxylic acids is 1. The number of rotatable bonds is 5. The Morgan fingerprint density at radius 2 is 2.00 bits per heavy atom. The molecule has 2 rings (SSSR count). The maximum Gasteiger partial charge on any atom is 0.331 e. The van der Waals surface area contributed by atoms with Crippen molar-refractivity contribution in [3.63, 3.8) is 0 Å². The summed E-state index contributed by atoms with van der Waals surface area (Å²) < 4.78 is 3.98. The number of hydrogen-bond acceptors (Lipinski definition) is 3. The van der Waals surface area contributed by atoms with Crippen LogP contribution in [0.2, 0.25) is 0 Å². The standard InChI is InChI=1S/C15H19BrN4O3/c1-9(2)19-7-10(16)5-12(19)13(21)18-11-6-17-20(8-11)15(3,4)14(22)23/h5-9H,1-4H3,(H,18,21)(H,22,23). The van der Waals surface area contributed by atoms with Crippen LogP contribution in [-0.2, 0) is 10.3 Å². The van der Waals surface area contributed by atoms with E-state index >= 15 is 0 Å². The van der Waals surface area contributed by atoms with E-state index in [4.69, 9.17) is 0 Å². The van der Waals surface area contributed by atoms with Gasteiger partial charge in [-0.05, 0) is 49.7 Å². The molecule has 0 bridgehead atoms. The average molecular weight is 383 g/mol. The first-order valence-electron chi connectivity index (χ1n) is 7.10. The van der Waals surface area contributed by atoms with Gasteiger partial charge >= 0.3 is 5.97 Å². The molecule has 0 aliphatic carbocycles. The molecular formula is C15H19BrN4O3. The number of aromatic nitrogens is 3. The highest BCUT2D eigenvalue weighted by molar-refractivity contribution is 9.10. The number of anilines is 1. The molecule has 0 unspecified atom stereocenters. The Balaban J connectivity index is 2.22. The van der Waals surface area contributed by atoms with Crippen molar-refractivity contribution in [3.8, 4) is 0 Å². The molecule has 0 spiro atoms. The van der Waals surface area contributed by atoms with E-state index in [1.54, 1.807) is 6.07 Å². The number of halogens is 1. The first-order chi connectivity index (χ1) is 10.6. The molecule has 1 amide bonds. The summed E-state index contributed by atoms with van der Waals surface area (Å²) in [6, 6.07) is 1.87. The Morgan fingerprint density at radius 1 is 1.35 bits per heavy atom. The Hall–Kier alpha value is -2.09. The van der Waals surface area contributed by atoms with Gasteiger partial charge in [-0.1, -0.05) is 0 Å². The second kappa shape index (κ2) is 6.19. The van der Waals surface area contributed by atoms with Crippen LogP contribution in [0.4, 0.5) is 5.69 Å². The van der Waals surface area contributed by atoms with Crippen molar-refractivity contribution in [2.24, 2.45) is 0 Å². The van der Waals surface area contributed by atoms with Gasteiger partial charge in [-0.2, -0.15) is 5.10 Å². The molecule has 0 radical (unpaired) electrons. The van der Waals surface area contributed by atoms with Gasteiger partial charge in [0, 0.05) is 22.9 Å². The molecule has 0 aliphatic rings. The molecule has 2 N–H and O–H groups in total. The third-order valence-electron chi connectivity index (χ3n) is 3.54. The number of nitrogens with one attached hydrogen (secondary N) is 1. The fourth-order valence-corrected chi connectivity index (χ4v) is 2.48. The minimum absolute atomic E-state index is 0.135. The molecular weight excluding hydrogens is 364 g/mol. The summed E-state index contributed by atoms with van der Waals surface area (Å²) in [7, 11) is 0. The Bertz CT molecular complexity index is 746. The van der Waals surface area contributed by atoms with Gasteiger partial charge in [0.2, 0.25) is 0 Å². The second-order valence-electron chi connectivity index (χ2n) is 6.04. The van der Waals surface area contributed by atoms with Crippen LogP contribution in [0, 0.1) is 0 Å². The predicted molar refractivity (Wildman–Crippen MR) is 89.7 cm³/mol. The molecule has 23 heavy (non-hydrogen) atoms. The van der Waals surface area contributed by atoms with Gasteiger partial charge in [-0.3, -0.25) is 9.48 Å². The van der Waals surface area contributed by atoms with Gasteiger partial charge in [0.15, 0.2) is 5.54 Å². The van der Waals surface area contributed by atoms with Crippen molar-refractivity contribution in [2.75, 3.05) is 5.32 Å². The van der Waals surface area contributed by atoms with E-state index in [-0.39, 0.29) is 11.9 Å². The number of carbonyl (C=O) groups is 2. The molecule has 0 saturated carbocycles. The van der Waals surface area contributed by atoms with E-state index in [1.807, 2.05) is 24.6 Å². The van der Waals surface area contributed by atoms with Crippen LogP contribution in [0.25, 0.3) is 0 Å². The number of amides is 1. The zero-order valence-corrected chi connectivity index (χ0v) is 15.0. The number of carbonyl (C=O) groups excluding carboxylic acids is 1. The highest BCUT2D eigenvalue weighted by Crippen LogP contribution is 2.21. The number of hydrogen-bond donors (Lipinski definition) is 2. The number of carboxylic acids is 1. The second-order valence-corrected chi connectivity index (χ2v) is 6.95. The molecule has 2 aromatic heterocycles. The maximum atomic E-state index is 12.4. The van der Waals surface area contributed by atoms with Crippen LogP contribution in [0.5, 0.6) is 0 Å². The van der Waals surface area contributed by atoms with Crippen LogP contribution >= 0.6 is 15.9 Å². The SMILES string of the molecule is CC(C)n1cc(Br)cc1C(=O)Nc1cnn(C(C)(C)C(=O)O)c1. The topological polar surface area (TPSA) is 89.2 Å². The summed E-state index contributed by atoms with van der Waals surface area (Å²) in [5, 5.41) is 16.0. The van der Waals surface area contributed by atoms with E-state index in [0.29, 0.717) is 11.4 Å². The van der Waals surface area contributed by atoms with Crippen LogP contribution in [0.1, 0.15) is 44.2 Å². The summed E-state index contributed by atoms with van der Waals surface area (Å²) in [5.74, 6) is -1.28. The molecule has 0 aromatic carbocycles. The third-order valence-corrected chi connectivity index (χ3v) is 3.97. The quantitative estimate of drug-likeness (QED) is 0.831. The number of nitrogens with zero attached hydrogens (tertiary/aromatic N) is 3. The third kappa shape index (κ3) is 3.47. The molecule has 0 aliphatic heterocycles. The van der Waals surface area contributed by atoms with Gasteiger partial charge in [0.25, 0.3) is 5.91 Å². The molecule has 2 heterocycles. The van der Waals surface area contributed by atoms with E-state index < -0.39 is 11.5 Å². The normalized spacial score (nSPS) is 11.7. The van der Waals surface area contributed by atoms with Crippen molar-refractivity contribution >= 4 is 33.5 Å². The first kappa shape index (κ1) is 17.3. The van der Waals surface area contributed by atoms with Gasteiger partial charge < -0.3 is 15.0 Å². The van der Waals surface area contributed by atoms with Crippen LogP contribution < -0.4 is 5.32 Å². The highest BCUT2D eigenvalue weighted by atomic mass is 79.9. The largest absolute Gasteiger partial charge is 0.479 e. The molecule has 8 heteroatoms. The van der Waals surface area contributed by atoms with Crippen molar-refractivity contribution in [2.45, 2.75) is 39.3 Å². The predicted octanol–water partition coefficient (Wildman–Crippen LogP) is 3.10. The fraction of sp³-hybridized carbons (Fsp3) is 0.400. The van der Waals surface area contributed by atoms with Gasteiger partial charge in [-0.15, -0.1) is 0 Å². The lowest BCUT2D eigenvalue weighted by Gasteiger charge is -2.19. The molecule has 0 fully saturated rings. The zero-order valence-electron chi connectivity index (χ0n) is 13.4. The van der Waals surface area contributed by atoms with Crippen molar-refractivity contribution in [3.05, 3.63) is 34.8 Å². The lowest BCUT2D eigenvalue weighted by Crippen LogP contribution is -2.35.